The number of rotatable bonds is 8. The first kappa shape index (κ1) is 14.1. The number of hydrogen-bond acceptors (Lipinski definition) is 4. The van der Waals surface area contributed by atoms with E-state index in [-0.39, 0.29) is 13.2 Å². The van der Waals surface area contributed by atoms with E-state index < -0.39 is 14.2 Å². The summed E-state index contributed by atoms with van der Waals surface area (Å²) < 4.78 is 11.1. The first-order valence-electron chi connectivity index (χ1n) is 5.12. The summed E-state index contributed by atoms with van der Waals surface area (Å²) in [5, 5.41) is 17.4. The lowest BCUT2D eigenvalue weighted by Crippen LogP contribution is -2.48. The Labute approximate surface area is 87.5 Å². The van der Waals surface area contributed by atoms with Crippen LogP contribution < -0.4 is 0 Å². The highest BCUT2D eigenvalue weighted by Gasteiger charge is 2.34. The van der Waals surface area contributed by atoms with E-state index in [4.69, 9.17) is 19.7 Å². The molecule has 0 aromatic rings. The van der Waals surface area contributed by atoms with Crippen molar-refractivity contribution in [3.8, 4) is 0 Å². The van der Waals surface area contributed by atoms with Crippen LogP contribution in [0.4, 0.5) is 0 Å². The second-order valence-corrected chi connectivity index (χ2v) is 6.65. The third kappa shape index (κ3) is 4.06. The smallest absolute Gasteiger partial charge is 0.147 e. The minimum Gasteiger partial charge on any atom is -0.394 e. The molecule has 0 saturated heterocycles. The van der Waals surface area contributed by atoms with Crippen LogP contribution >= 0.6 is 0 Å². The van der Waals surface area contributed by atoms with Crippen LogP contribution in [0.2, 0.25) is 13.1 Å². The van der Waals surface area contributed by atoms with Crippen LogP contribution in [-0.4, -0.2) is 50.8 Å². The second-order valence-electron chi connectivity index (χ2n) is 3.46. The van der Waals surface area contributed by atoms with Crippen molar-refractivity contribution in [2.24, 2.45) is 0 Å². The van der Waals surface area contributed by atoms with Crippen LogP contribution in [0.3, 0.4) is 0 Å². The number of aliphatic hydroxyl groups excluding tert-OH is 2. The van der Waals surface area contributed by atoms with Crippen LogP contribution in [0.15, 0.2) is 0 Å². The van der Waals surface area contributed by atoms with E-state index in [0.717, 1.165) is 6.42 Å². The number of hydrogen-bond donors (Lipinski definition) is 2. The summed E-state index contributed by atoms with van der Waals surface area (Å²) in [6.45, 7) is 6.88. The van der Waals surface area contributed by atoms with E-state index >= 15 is 0 Å². The van der Waals surface area contributed by atoms with Crippen molar-refractivity contribution in [3.05, 3.63) is 0 Å². The molecule has 2 N–H and O–H groups in total. The molecule has 0 aliphatic rings. The van der Waals surface area contributed by atoms with Crippen LogP contribution in [0.1, 0.15) is 13.3 Å². The SMILES string of the molecule is CCC(OCCO)(OCCO)[SiH](C)C. The molecule has 0 aliphatic carbocycles. The molecule has 0 radical (unpaired) electrons. The first-order chi connectivity index (χ1) is 6.63. The maximum Gasteiger partial charge on any atom is 0.147 e. The molecule has 5 heteroatoms. The Bertz CT molecular complexity index is 133. The Morgan fingerprint density at radius 3 is 1.71 bits per heavy atom. The normalized spacial score (nSPS) is 12.4. The van der Waals surface area contributed by atoms with E-state index in [9.17, 15) is 0 Å². The Balaban J connectivity index is 4.27. The first-order valence-corrected chi connectivity index (χ1v) is 8.01. The maximum atomic E-state index is 8.72. The fraction of sp³-hybridized carbons (Fsp3) is 1.00. The molecule has 0 heterocycles. The van der Waals surface area contributed by atoms with Gasteiger partial charge < -0.3 is 19.7 Å². The van der Waals surface area contributed by atoms with E-state index in [1.165, 1.54) is 0 Å². The third-order valence-electron chi connectivity index (χ3n) is 2.25. The molecule has 86 valence electrons. The van der Waals surface area contributed by atoms with Gasteiger partial charge in [0.1, 0.15) is 14.2 Å². The van der Waals surface area contributed by atoms with Gasteiger partial charge >= 0.3 is 0 Å². The molecule has 0 atom stereocenters. The highest BCUT2D eigenvalue weighted by atomic mass is 28.3. The van der Waals surface area contributed by atoms with Crippen molar-refractivity contribution in [1.82, 2.24) is 0 Å². The summed E-state index contributed by atoms with van der Waals surface area (Å²) in [5.41, 5.74) is -0.536. The molecule has 0 aromatic carbocycles. The Kier molecular flexibility index (Phi) is 7.39. The third-order valence-corrected chi connectivity index (χ3v) is 4.75. The summed E-state index contributed by atoms with van der Waals surface area (Å²) in [4.78, 5) is 0. The summed E-state index contributed by atoms with van der Waals surface area (Å²) in [6.07, 6.45) is 0.761. The Morgan fingerprint density at radius 1 is 1.07 bits per heavy atom. The molecule has 14 heavy (non-hydrogen) atoms. The molecule has 0 rings (SSSR count). The van der Waals surface area contributed by atoms with Gasteiger partial charge in [-0.25, -0.2) is 0 Å². The van der Waals surface area contributed by atoms with Crippen molar-refractivity contribution in [2.45, 2.75) is 31.8 Å². The summed E-state index contributed by atoms with van der Waals surface area (Å²) in [7, 11) is -1.15. The average Bonchev–Trinajstić information content (AvgIpc) is 2.18. The lowest BCUT2D eigenvalue weighted by Gasteiger charge is -2.36. The second kappa shape index (κ2) is 7.36. The van der Waals surface area contributed by atoms with E-state index in [1.807, 2.05) is 6.92 Å². The average molecular weight is 222 g/mol. The van der Waals surface area contributed by atoms with Gasteiger partial charge in [0.15, 0.2) is 0 Å². The van der Waals surface area contributed by atoms with Gasteiger partial charge in [0.05, 0.1) is 26.4 Å². The lowest BCUT2D eigenvalue weighted by molar-refractivity contribution is -0.192. The highest BCUT2D eigenvalue weighted by Crippen LogP contribution is 2.21. The Morgan fingerprint density at radius 2 is 1.50 bits per heavy atom. The number of aliphatic hydroxyl groups is 2. The van der Waals surface area contributed by atoms with Crippen LogP contribution in [0, 0.1) is 0 Å². The maximum absolute atomic E-state index is 8.72. The van der Waals surface area contributed by atoms with E-state index in [2.05, 4.69) is 13.1 Å². The zero-order valence-corrected chi connectivity index (χ0v) is 10.5. The van der Waals surface area contributed by atoms with Crippen molar-refractivity contribution >= 4 is 8.80 Å². The minimum atomic E-state index is -1.15. The minimum absolute atomic E-state index is 0.00531. The van der Waals surface area contributed by atoms with Gasteiger partial charge in [0.25, 0.3) is 0 Å². The predicted molar refractivity (Wildman–Crippen MR) is 58.0 cm³/mol. The van der Waals surface area contributed by atoms with Crippen LogP contribution in [-0.2, 0) is 9.47 Å². The zero-order chi connectivity index (χ0) is 11.0. The largest absolute Gasteiger partial charge is 0.394 e. The molecule has 0 aliphatic heterocycles. The fourth-order valence-corrected chi connectivity index (χ4v) is 3.14. The molecule has 0 saturated carbocycles. The van der Waals surface area contributed by atoms with Gasteiger partial charge in [-0.2, -0.15) is 0 Å². The molecule has 0 amide bonds. The molecular weight excluding hydrogens is 200 g/mol. The van der Waals surface area contributed by atoms with Gasteiger partial charge in [-0.05, 0) is 6.42 Å². The van der Waals surface area contributed by atoms with Crippen molar-refractivity contribution in [1.29, 1.82) is 0 Å². The molecular formula is C9H22O4Si. The predicted octanol–water partition coefficient (Wildman–Crippen LogP) is 0.136. The van der Waals surface area contributed by atoms with E-state index in [0.29, 0.717) is 13.2 Å². The quantitative estimate of drug-likeness (QED) is 0.453. The molecule has 0 unspecified atom stereocenters. The van der Waals surface area contributed by atoms with Crippen molar-refractivity contribution in [2.75, 3.05) is 26.4 Å². The molecule has 4 nitrogen and oxygen atoms in total. The van der Waals surface area contributed by atoms with E-state index in [1.54, 1.807) is 0 Å². The van der Waals surface area contributed by atoms with Crippen LogP contribution in [0.5, 0.6) is 0 Å². The van der Waals surface area contributed by atoms with Gasteiger partial charge in [0.2, 0.25) is 0 Å². The topological polar surface area (TPSA) is 58.9 Å². The molecule has 0 fully saturated rings. The standard InChI is InChI=1S/C9H22O4Si/c1-4-9(14(2)3,12-7-5-10)13-8-6-11/h10-11,14H,4-8H2,1-3H3. The zero-order valence-electron chi connectivity index (χ0n) is 9.32. The summed E-state index contributed by atoms with van der Waals surface area (Å²) >= 11 is 0. The van der Waals surface area contributed by atoms with Crippen molar-refractivity contribution < 1.29 is 19.7 Å². The van der Waals surface area contributed by atoms with Crippen LogP contribution in [0.25, 0.3) is 0 Å². The highest BCUT2D eigenvalue weighted by molar-refractivity contribution is 6.58. The molecule has 0 bridgehead atoms. The summed E-state index contributed by atoms with van der Waals surface area (Å²) in [6, 6.07) is 0. The van der Waals surface area contributed by atoms with Gasteiger partial charge in [0, 0.05) is 0 Å². The number of ether oxygens (including phenoxy) is 2. The lowest BCUT2D eigenvalue weighted by atomic mass is 10.4. The van der Waals surface area contributed by atoms with Gasteiger partial charge in [-0.1, -0.05) is 20.0 Å². The monoisotopic (exact) mass is 222 g/mol. The van der Waals surface area contributed by atoms with Gasteiger partial charge in [-0.3, -0.25) is 0 Å². The summed E-state index contributed by atoms with van der Waals surface area (Å²) in [5.74, 6) is 0. The molecule has 0 aromatic heterocycles. The van der Waals surface area contributed by atoms with Gasteiger partial charge in [-0.15, -0.1) is 0 Å². The molecule has 0 spiro atoms. The Hall–Kier alpha value is 0.0569. The van der Waals surface area contributed by atoms with Crippen molar-refractivity contribution in [3.63, 3.8) is 0 Å². The fourth-order valence-electron chi connectivity index (χ4n) is 1.42.